The molecule has 0 N–H and O–H groups in total. The van der Waals surface area contributed by atoms with Crippen molar-refractivity contribution < 1.29 is 17.6 Å². The Morgan fingerprint density at radius 3 is 1.17 bits per heavy atom. The van der Waals surface area contributed by atoms with Crippen LogP contribution in [0.1, 0.15) is 0 Å². The molecule has 0 aliphatic carbocycles. The second kappa shape index (κ2) is 7.49. The summed E-state index contributed by atoms with van der Waals surface area (Å²) in [6.07, 6.45) is 2.20. The lowest BCUT2D eigenvalue weighted by atomic mass is 9.86. The van der Waals surface area contributed by atoms with Crippen LogP contribution in [0.25, 0.3) is 98.0 Å². The average Bonchev–Trinajstić information content (AvgIpc) is 3.66. The van der Waals surface area contributed by atoms with Crippen molar-refractivity contribution in [2.45, 2.75) is 0 Å². The summed E-state index contributed by atoms with van der Waals surface area (Å²) in [5.41, 5.74) is -0.963. The highest BCUT2D eigenvalue weighted by molar-refractivity contribution is 6.40. The van der Waals surface area contributed by atoms with Crippen molar-refractivity contribution in [2.75, 3.05) is 0 Å². The molecular formula is C34H10F4N6O2. The maximum atomic E-state index is 14.7. The summed E-state index contributed by atoms with van der Waals surface area (Å²) >= 11 is 0. The number of nitrogens with zero attached hydrogens (tertiary/aromatic N) is 6. The normalized spacial score (nSPS) is 13.0. The second-order valence-corrected chi connectivity index (χ2v) is 11.5. The molecule has 5 aromatic carbocycles. The van der Waals surface area contributed by atoms with Crippen LogP contribution in [-0.4, -0.2) is 28.7 Å². The van der Waals surface area contributed by atoms with E-state index in [9.17, 15) is 27.2 Å². The standard InChI is InChI=1S/C34H10F4N6O2/c35-25-27-19(9-39-29(25)37)43-31(41-27)15-5-1-11-13-3-7-18-24-16(32-42-28-20(44(32)34(18)46)10-40-30(38)26(28)36)6-2-12(22(13)24)14-4-8-17(33(43)45)23(15)21(11)14/h1-10H. The van der Waals surface area contributed by atoms with E-state index in [-0.39, 0.29) is 33.4 Å². The quantitative estimate of drug-likeness (QED) is 0.0833. The zero-order valence-electron chi connectivity index (χ0n) is 22.8. The third kappa shape index (κ3) is 2.46. The van der Waals surface area contributed by atoms with Gasteiger partial charge in [0.25, 0.3) is 23.0 Å². The van der Waals surface area contributed by atoms with E-state index in [4.69, 9.17) is 0 Å². The second-order valence-electron chi connectivity index (χ2n) is 11.5. The van der Waals surface area contributed by atoms with Crippen LogP contribution in [0.4, 0.5) is 17.6 Å². The van der Waals surface area contributed by atoms with E-state index in [2.05, 4.69) is 19.9 Å². The molecule has 6 aromatic heterocycles. The Labute approximate surface area is 249 Å². The maximum absolute atomic E-state index is 14.7. The Bertz CT molecular complexity index is 3110. The van der Waals surface area contributed by atoms with Crippen molar-refractivity contribution in [2.24, 2.45) is 0 Å². The van der Waals surface area contributed by atoms with Crippen molar-refractivity contribution in [3.63, 3.8) is 0 Å². The van der Waals surface area contributed by atoms with Gasteiger partial charge in [-0.2, -0.15) is 17.6 Å². The zero-order chi connectivity index (χ0) is 30.9. The summed E-state index contributed by atoms with van der Waals surface area (Å²) in [4.78, 5) is 43.5. The number of imidazole rings is 2. The van der Waals surface area contributed by atoms with Gasteiger partial charge in [-0.3, -0.25) is 18.4 Å². The molecule has 0 saturated heterocycles. The molecule has 11 aromatic rings. The minimum Gasteiger partial charge on any atom is -0.268 e. The third-order valence-electron chi connectivity index (χ3n) is 9.45. The van der Waals surface area contributed by atoms with Crippen molar-refractivity contribution in [1.82, 2.24) is 28.7 Å². The monoisotopic (exact) mass is 610 g/mol. The highest BCUT2D eigenvalue weighted by Crippen LogP contribution is 2.45. The van der Waals surface area contributed by atoms with Gasteiger partial charge in [-0.1, -0.05) is 24.3 Å². The largest absolute Gasteiger partial charge is 0.268 e. The minimum absolute atomic E-state index is 0.0664. The van der Waals surface area contributed by atoms with Crippen LogP contribution in [0.5, 0.6) is 0 Å². The van der Waals surface area contributed by atoms with E-state index in [1.807, 2.05) is 24.3 Å². The fourth-order valence-electron chi connectivity index (χ4n) is 7.60. The lowest BCUT2D eigenvalue weighted by Gasteiger charge is -2.18. The molecule has 216 valence electrons. The van der Waals surface area contributed by atoms with Crippen LogP contribution in [-0.2, 0) is 0 Å². The lowest BCUT2D eigenvalue weighted by Crippen LogP contribution is -2.14. The van der Waals surface area contributed by atoms with E-state index >= 15 is 0 Å². The van der Waals surface area contributed by atoms with Gasteiger partial charge in [0, 0.05) is 32.3 Å². The highest BCUT2D eigenvalue weighted by atomic mass is 19.2. The van der Waals surface area contributed by atoms with Gasteiger partial charge in [0.05, 0.1) is 23.4 Å². The Hall–Kier alpha value is -6.30. The van der Waals surface area contributed by atoms with E-state index in [1.165, 1.54) is 8.80 Å². The number of rotatable bonds is 0. The number of hydrogen-bond acceptors (Lipinski definition) is 6. The molecule has 0 radical (unpaired) electrons. The Balaban J connectivity index is 1.36. The maximum Gasteiger partial charge on any atom is 0.264 e. The summed E-state index contributed by atoms with van der Waals surface area (Å²) in [5, 5.41) is 7.88. The number of aromatic nitrogens is 6. The average molecular weight is 610 g/mol. The molecule has 0 unspecified atom stereocenters. The van der Waals surface area contributed by atoms with E-state index in [0.29, 0.717) is 32.3 Å². The van der Waals surface area contributed by atoms with E-state index in [0.717, 1.165) is 44.7 Å². The minimum atomic E-state index is -1.30. The van der Waals surface area contributed by atoms with Crippen LogP contribution in [0.3, 0.4) is 0 Å². The lowest BCUT2D eigenvalue weighted by molar-refractivity contribution is 0.486. The first kappa shape index (κ1) is 24.1. The Morgan fingerprint density at radius 1 is 0.457 bits per heavy atom. The zero-order valence-corrected chi connectivity index (χ0v) is 22.8. The predicted octanol–water partition coefficient (Wildman–Crippen LogP) is 6.59. The van der Waals surface area contributed by atoms with E-state index in [1.54, 1.807) is 24.3 Å². The van der Waals surface area contributed by atoms with Crippen LogP contribution >= 0.6 is 0 Å². The first-order valence-corrected chi connectivity index (χ1v) is 14.1. The number of benzene rings is 5. The molecule has 0 spiro atoms. The fourth-order valence-corrected chi connectivity index (χ4v) is 7.60. The molecule has 0 bridgehead atoms. The molecule has 6 heterocycles. The van der Waals surface area contributed by atoms with Crippen molar-refractivity contribution in [3.8, 4) is 0 Å². The fraction of sp³-hybridized carbons (Fsp3) is 0. The molecule has 0 atom stereocenters. The first-order valence-electron chi connectivity index (χ1n) is 14.1. The predicted molar refractivity (Wildman–Crippen MR) is 166 cm³/mol. The molecule has 0 saturated carbocycles. The number of pyridine rings is 4. The molecule has 11 rings (SSSR count). The van der Waals surface area contributed by atoms with Gasteiger partial charge in [-0.25, -0.2) is 19.9 Å². The molecule has 12 heteroatoms. The molecule has 0 amide bonds. The van der Waals surface area contributed by atoms with Crippen LogP contribution < -0.4 is 11.1 Å². The SMILES string of the molecule is O=c1c2ccc3c4ccc5c6c(ccc(c7ccc(c2c37)c2nc3c(F)c(F)ncc3n12)c46)c(=O)n1c2cnc(F)c(F)c2nc51. The number of hydrogen-bond donors (Lipinski definition) is 0. The Morgan fingerprint density at radius 2 is 0.783 bits per heavy atom. The summed E-state index contributed by atoms with van der Waals surface area (Å²) < 4.78 is 60.0. The van der Waals surface area contributed by atoms with E-state index < -0.39 is 34.6 Å². The summed E-state index contributed by atoms with van der Waals surface area (Å²) in [7, 11) is 0. The smallest absolute Gasteiger partial charge is 0.264 e. The molecule has 0 aliphatic heterocycles. The number of halogens is 4. The molecule has 0 fully saturated rings. The molecule has 46 heavy (non-hydrogen) atoms. The Kier molecular flexibility index (Phi) is 3.92. The van der Waals surface area contributed by atoms with Gasteiger partial charge in [0.15, 0.2) is 0 Å². The van der Waals surface area contributed by atoms with Gasteiger partial charge in [-0.05, 0) is 56.6 Å². The van der Waals surface area contributed by atoms with Crippen molar-refractivity contribution in [3.05, 3.63) is 105 Å². The molecule has 0 aliphatic rings. The van der Waals surface area contributed by atoms with Crippen LogP contribution in [0.2, 0.25) is 0 Å². The summed E-state index contributed by atoms with van der Waals surface area (Å²) in [6.45, 7) is 0. The van der Waals surface area contributed by atoms with Gasteiger partial charge in [-0.15, -0.1) is 0 Å². The van der Waals surface area contributed by atoms with Gasteiger partial charge in [0.1, 0.15) is 22.3 Å². The third-order valence-corrected chi connectivity index (χ3v) is 9.45. The first-order chi connectivity index (χ1) is 22.3. The number of fused-ring (bicyclic) bond motifs is 10. The molecular weight excluding hydrogens is 600 g/mol. The summed E-state index contributed by atoms with van der Waals surface area (Å²) in [5.74, 6) is -5.06. The summed E-state index contributed by atoms with van der Waals surface area (Å²) in [6, 6.07) is 14.4. The molecule has 8 nitrogen and oxygen atoms in total. The van der Waals surface area contributed by atoms with Crippen molar-refractivity contribution in [1.29, 1.82) is 0 Å². The van der Waals surface area contributed by atoms with Gasteiger partial charge >= 0.3 is 0 Å². The van der Waals surface area contributed by atoms with Crippen molar-refractivity contribution >= 4 is 98.0 Å². The van der Waals surface area contributed by atoms with Gasteiger partial charge in [0.2, 0.25) is 11.6 Å². The van der Waals surface area contributed by atoms with Gasteiger partial charge < -0.3 is 0 Å². The van der Waals surface area contributed by atoms with Crippen LogP contribution in [0.15, 0.2) is 70.5 Å². The van der Waals surface area contributed by atoms with Crippen LogP contribution in [0, 0.1) is 23.5 Å². The topological polar surface area (TPSA) is 94.5 Å². The highest BCUT2D eigenvalue weighted by Gasteiger charge is 2.25.